The van der Waals surface area contributed by atoms with Crippen molar-refractivity contribution in [2.75, 3.05) is 5.75 Å². The van der Waals surface area contributed by atoms with Gasteiger partial charge in [-0.25, -0.2) is 8.42 Å². The molecule has 140 valence electrons. The number of sulfone groups is 1. The first-order valence-electron chi connectivity index (χ1n) is 9.44. The Morgan fingerprint density at radius 2 is 1.56 bits per heavy atom. The fourth-order valence-corrected chi connectivity index (χ4v) is 3.87. The van der Waals surface area contributed by atoms with Crippen molar-refractivity contribution in [3.63, 3.8) is 0 Å². The lowest BCUT2D eigenvalue weighted by Gasteiger charge is -2.03. The number of ketones is 1. The zero-order valence-corrected chi connectivity index (χ0v) is 16.5. The van der Waals surface area contributed by atoms with Gasteiger partial charge in [0.15, 0.2) is 15.6 Å². The normalized spacial score (nSPS) is 11.9. The second-order valence-electron chi connectivity index (χ2n) is 6.66. The van der Waals surface area contributed by atoms with Crippen molar-refractivity contribution in [2.24, 2.45) is 0 Å². The van der Waals surface area contributed by atoms with Crippen LogP contribution >= 0.6 is 0 Å². The molecular formula is C21H32O3S. The second kappa shape index (κ2) is 12.0. The smallest absolute Gasteiger partial charge is 0.178 e. The van der Waals surface area contributed by atoms with Gasteiger partial charge in [-0.2, -0.15) is 0 Å². The predicted molar refractivity (Wildman–Crippen MR) is 105 cm³/mol. The highest BCUT2D eigenvalue weighted by atomic mass is 32.2. The average Bonchev–Trinajstić information content (AvgIpc) is 2.59. The van der Waals surface area contributed by atoms with Crippen LogP contribution in [0.2, 0.25) is 0 Å². The number of unbranched alkanes of at least 4 members (excludes halogenated alkanes) is 7. The lowest BCUT2D eigenvalue weighted by molar-refractivity contribution is -0.114. The summed E-state index contributed by atoms with van der Waals surface area (Å²) in [6.07, 6.45) is 13.1. The molecule has 25 heavy (non-hydrogen) atoms. The lowest BCUT2D eigenvalue weighted by Crippen LogP contribution is -2.10. The van der Waals surface area contributed by atoms with E-state index in [4.69, 9.17) is 0 Å². The second-order valence-corrected chi connectivity index (χ2v) is 8.77. The Morgan fingerprint density at radius 3 is 2.20 bits per heavy atom. The van der Waals surface area contributed by atoms with Crippen molar-refractivity contribution in [3.8, 4) is 0 Å². The third kappa shape index (κ3) is 9.59. The minimum absolute atomic E-state index is 0.0454. The maximum Gasteiger partial charge on any atom is 0.178 e. The molecule has 0 heterocycles. The molecule has 0 fully saturated rings. The number of carbonyl (C=O) groups excluding carboxylic acids is 1. The summed E-state index contributed by atoms with van der Waals surface area (Å²) >= 11 is 0. The van der Waals surface area contributed by atoms with Gasteiger partial charge in [0.25, 0.3) is 0 Å². The predicted octanol–water partition coefficient (Wildman–Crippen LogP) is 5.42. The van der Waals surface area contributed by atoms with Crippen LogP contribution < -0.4 is 0 Å². The van der Waals surface area contributed by atoms with Crippen LogP contribution in [0.25, 0.3) is 0 Å². The number of allylic oxidation sites excluding steroid dienone is 2. The molecule has 0 unspecified atom stereocenters. The molecule has 0 spiro atoms. The highest BCUT2D eigenvalue weighted by Crippen LogP contribution is 2.13. The van der Waals surface area contributed by atoms with E-state index in [1.54, 1.807) is 30.3 Å². The van der Waals surface area contributed by atoms with Gasteiger partial charge in [0.2, 0.25) is 0 Å². The summed E-state index contributed by atoms with van der Waals surface area (Å²) in [7, 11) is -3.38. The van der Waals surface area contributed by atoms with E-state index in [-0.39, 0.29) is 22.9 Å². The molecule has 3 nitrogen and oxygen atoms in total. The summed E-state index contributed by atoms with van der Waals surface area (Å²) < 4.78 is 24.4. The van der Waals surface area contributed by atoms with Crippen molar-refractivity contribution in [3.05, 3.63) is 42.0 Å². The molecule has 0 bridgehead atoms. The number of carbonyl (C=O) groups is 1. The van der Waals surface area contributed by atoms with Crippen LogP contribution in [-0.2, 0) is 14.6 Å². The number of benzene rings is 1. The third-order valence-electron chi connectivity index (χ3n) is 4.28. The minimum Gasteiger partial charge on any atom is -0.295 e. The van der Waals surface area contributed by atoms with Gasteiger partial charge in [-0.1, -0.05) is 69.2 Å². The van der Waals surface area contributed by atoms with Crippen molar-refractivity contribution in [1.29, 1.82) is 0 Å². The largest absolute Gasteiger partial charge is 0.295 e. The van der Waals surface area contributed by atoms with Gasteiger partial charge in [0.1, 0.15) is 0 Å². The number of rotatable bonds is 13. The number of aryl methyl sites for hydroxylation is 1. The van der Waals surface area contributed by atoms with Crippen LogP contribution in [0.15, 0.2) is 41.3 Å². The van der Waals surface area contributed by atoms with Crippen LogP contribution in [-0.4, -0.2) is 20.0 Å². The van der Waals surface area contributed by atoms with Crippen LogP contribution in [0, 0.1) is 6.92 Å². The maximum absolute atomic E-state index is 12.2. The molecule has 1 aromatic rings. The summed E-state index contributed by atoms with van der Waals surface area (Å²) in [6.45, 7) is 4.13. The van der Waals surface area contributed by atoms with Crippen LogP contribution in [0.4, 0.5) is 0 Å². The van der Waals surface area contributed by atoms with Crippen molar-refractivity contribution < 1.29 is 13.2 Å². The maximum atomic E-state index is 12.2. The molecule has 0 N–H and O–H groups in total. The van der Waals surface area contributed by atoms with E-state index in [1.165, 1.54) is 38.5 Å². The summed E-state index contributed by atoms with van der Waals surface area (Å²) in [4.78, 5) is 12.1. The summed E-state index contributed by atoms with van der Waals surface area (Å²) in [5.41, 5.74) is 1.02. The van der Waals surface area contributed by atoms with Gasteiger partial charge >= 0.3 is 0 Å². The van der Waals surface area contributed by atoms with Gasteiger partial charge in [-0.3, -0.25) is 4.79 Å². The molecule has 1 rings (SSSR count). The van der Waals surface area contributed by atoms with E-state index >= 15 is 0 Å². The Balaban J connectivity index is 2.22. The monoisotopic (exact) mass is 364 g/mol. The first-order valence-corrected chi connectivity index (χ1v) is 11.1. The van der Waals surface area contributed by atoms with E-state index in [0.717, 1.165) is 18.4 Å². The quantitative estimate of drug-likeness (QED) is 0.347. The van der Waals surface area contributed by atoms with Gasteiger partial charge in [0, 0.05) is 6.42 Å². The minimum atomic E-state index is -3.38. The zero-order valence-electron chi connectivity index (χ0n) is 15.7. The lowest BCUT2D eigenvalue weighted by atomic mass is 10.1. The van der Waals surface area contributed by atoms with E-state index in [9.17, 15) is 13.2 Å². The van der Waals surface area contributed by atoms with E-state index < -0.39 is 9.84 Å². The molecule has 0 atom stereocenters. The third-order valence-corrected chi connectivity index (χ3v) is 6.01. The summed E-state index contributed by atoms with van der Waals surface area (Å²) in [6, 6.07) is 6.75. The summed E-state index contributed by atoms with van der Waals surface area (Å²) in [5.74, 6) is -0.241. The van der Waals surface area contributed by atoms with E-state index in [0.29, 0.717) is 0 Å². The fraction of sp³-hybridized carbons (Fsp3) is 0.571. The molecule has 0 aliphatic rings. The van der Waals surface area contributed by atoms with Crippen molar-refractivity contribution >= 4 is 15.6 Å². The standard InChI is InChI=1S/C21H32O3S/c1-3-4-5-6-7-8-9-10-11-12-20(22)17-18-25(23,24)21-15-13-19(2)14-16-21/h11-16H,3-10,17-18H2,1-2H3/b12-11+. The zero-order chi connectivity index (χ0) is 18.5. The molecule has 0 aromatic heterocycles. The highest BCUT2D eigenvalue weighted by Gasteiger charge is 2.15. The van der Waals surface area contributed by atoms with Gasteiger partial charge in [-0.15, -0.1) is 0 Å². The Labute approximate surface area is 153 Å². The molecule has 4 heteroatoms. The summed E-state index contributed by atoms with van der Waals surface area (Å²) in [5, 5.41) is 0. The molecule has 1 aromatic carbocycles. The van der Waals surface area contributed by atoms with Crippen LogP contribution in [0.5, 0.6) is 0 Å². The van der Waals surface area contributed by atoms with Crippen LogP contribution in [0.1, 0.15) is 70.3 Å². The van der Waals surface area contributed by atoms with Gasteiger partial charge in [0.05, 0.1) is 10.6 Å². The highest BCUT2D eigenvalue weighted by molar-refractivity contribution is 7.91. The van der Waals surface area contributed by atoms with Gasteiger partial charge in [-0.05, 0) is 38.0 Å². The molecular weight excluding hydrogens is 332 g/mol. The number of hydrogen-bond donors (Lipinski definition) is 0. The van der Waals surface area contributed by atoms with Crippen molar-refractivity contribution in [1.82, 2.24) is 0 Å². The van der Waals surface area contributed by atoms with E-state index in [1.807, 2.05) is 13.0 Å². The first kappa shape index (κ1) is 21.6. The number of hydrogen-bond acceptors (Lipinski definition) is 3. The Hall–Kier alpha value is -1.42. The molecule has 0 saturated carbocycles. The Kier molecular flexibility index (Phi) is 10.4. The Bertz CT molecular complexity index is 628. The molecule has 0 aliphatic heterocycles. The van der Waals surface area contributed by atoms with E-state index in [2.05, 4.69) is 6.92 Å². The molecule has 0 aliphatic carbocycles. The van der Waals surface area contributed by atoms with Gasteiger partial charge < -0.3 is 0 Å². The van der Waals surface area contributed by atoms with Crippen LogP contribution in [0.3, 0.4) is 0 Å². The SMILES string of the molecule is CCCCCCCCC/C=C/C(=O)CCS(=O)(=O)c1ccc(C)cc1. The van der Waals surface area contributed by atoms with Crippen molar-refractivity contribution in [2.45, 2.75) is 76.5 Å². The fourth-order valence-electron chi connectivity index (χ4n) is 2.62. The Morgan fingerprint density at radius 1 is 0.960 bits per heavy atom. The first-order chi connectivity index (χ1) is 12.0. The molecule has 0 saturated heterocycles. The average molecular weight is 365 g/mol. The topological polar surface area (TPSA) is 51.2 Å². The molecule has 0 radical (unpaired) electrons. The molecule has 0 amide bonds.